The van der Waals surface area contributed by atoms with Gasteiger partial charge in [-0.2, -0.15) is 0 Å². The van der Waals surface area contributed by atoms with Crippen LogP contribution in [0.4, 0.5) is 4.79 Å². The summed E-state index contributed by atoms with van der Waals surface area (Å²) in [5.74, 6) is 0.545. The number of ether oxygens (including phenoxy) is 2. The summed E-state index contributed by atoms with van der Waals surface area (Å²) in [6.45, 7) is 1.99. The van der Waals surface area contributed by atoms with Gasteiger partial charge in [0.2, 0.25) is 5.90 Å². The van der Waals surface area contributed by atoms with Crippen molar-refractivity contribution in [1.29, 1.82) is 0 Å². The fourth-order valence-electron chi connectivity index (χ4n) is 2.88. The zero-order valence-corrected chi connectivity index (χ0v) is 13.2. The Morgan fingerprint density at radius 1 is 1.35 bits per heavy atom. The van der Waals surface area contributed by atoms with E-state index in [4.69, 9.17) is 14.3 Å². The van der Waals surface area contributed by atoms with Crippen LogP contribution in [0.3, 0.4) is 0 Å². The zero-order valence-electron chi connectivity index (χ0n) is 13.2. The number of carbonyl (C=O) groups is 1. The van der Waals surface area contributed by atoms with Crippen LogP contribution in [-0.4, -0.2) is 42.3 Å². The summed E-state index contributed by atoms with van der Waals surface area (Å²) >= 11 is 0. The lowest BCUT2D eigenvalue weighted by atomic mass is 9.98. The minimum absolute atomic E-state index is 0.167. The van der Waals surface area contributed by atoms with E-state index in [0.717, 1.165) is 5.56 Å². The van der Waals surface area contributed by atoms with Gasteiger partial charge in [-0.3, -0.25) is 4.90 Å². The van der Waals surface area contributed by atoms with E-state index < -0.39 is 6.09 Å². The van der Waals surface area contributed by atoms with Crippen molar-refractivity contribution in [2.75, 3.05) is 7.11 Å². The molecule has 3 rings (SSSR count). The van der Waals surface area contributed by atoms with Gasteiger partial charge in [-0.15, -0.1) is 0 Å². The molecule has 0 radical (unpaired) electrons. The number of amides is 1. The third kappa shape index (κ3) is 3.16. The number of methoxy groups -OCH3 is 1. The summed E-state index contributed by atoms with van der Waals surface area (Å²) in [6, 6.07) is 9.79. The van der Waals surface area contributed by atoms with Crippen LogP contribution in [0.2, 0.25) is 0 Å². The second-order valence-corrected chi connectivity index (χ2v) is 5.49. The summed E-state index contributed by atoms with van der Waals surface area (Å²) in [5.41, 5.74) is 1.11. The standard InChI is InChI=1S/C17H20N2O4/c1-3-13-16-14(9-10-19(13)17(20)21-2)22-15(18-23-16)11-12-7-5-4-6-8-12/h4-10,13-14,16H,3,11H2,1-2H3/t13-,14+,16-/m0/s1. The molecule has 1 amide bonds. The van der Waals surface area contributed by atoms with E-state index in [-0.39, 0.29) is 18.2 Å². The van der Waals surface area contributed by atoms with Crippen molar-refractivity contribution in [3.8, 4) is 0 Å². The molecule has 0 fully saturated rings. The van der Waals surface area contributed by atoms with Crippen molar-refractivity contribution < 1.29 is 19.1 Å². The summed E-state index contributed by atoms with van der Waals surface area (Å²) in [7, 11) is 1.36. The van der Waals surface area contributed by atoms with Gasteiger partial charge in [0.1, 0.15) is 0 Å². The van der Waals surface area contributed by atoms with Crippen molar-refractivity contribution in [3.63, 3.8) is 0 Å². The first-order valence-corrected chi connectivity index (χ1v) is 7.70. The number of benzene rings is 1. The highest BCUT2D eigenvalue weighted by Gasteiger charge is 2.42. The van der Waals surface area contributed by atoms with Gasteiger partial charge in [-0.1, -0.05) is 42.4 Å². The normalized spacial score (nSPS) is 25.7. The van der Waals surface area contributed by atoms with Gasteiger partial charge in [0.15, 0.2) is 12.2 Å². The van der Waals surface area contributed by atoms with E-state index in [0.29, 0.717) is 18.7 Å². The maximum Gasteiger partial charge on any atom is 0.413 e. The predicted octanol–water partition coefficient (Wildman–Crippen LogP) is 2.70. The lowest BCUT2D eigenvalue weighted by Gasteiger charge is -2.40. The fourth-order valence-corrected chi connectivity index (χ4v) is 2.88. The lowest BCUT2D eigenvalue weighted by molar-refractivity contribution is -0.0848. The SMILES string of the molecule is CC[C@H]1[C@@H]2ON=C(Cc3ccccc3)O[C@@H]2C=CN1C(=O)OC. The molecule has 1 aromatic rings. The molecule has 6 heteroatoms. The smallest absolute Gasteiger partial charge is 0.413 e. The minimum atomic E-state index is -0.408. The van der Waals surface area contributed by atoms with Crippen LogP contribution in [0.25, 0.3) is 0 Å². The van der Waals surface area contributed by atoms with Gasteiger partial charge in [0.25, 0.3) is 0 Å². The number of nitrogens with zero attached hydrogens (tertiary/aromatic N) is 2. The summed E-state index contributed by atoms with van der Waals surface area (Å²) < 4.78 is 10.8. The third-order valence-corrected chi connectivity index (χ3v) is 4.05. The van der Waals surface area contributed by atoms with Gasteiger partial charge in [0.05, 0.1) is 19.6 Å². The minimum Gasteiger partial charge on any atom is -0.467 e. The molecule has 0 saturated carbocycles. The highest BCUT2D eigenvalue weighted by Crippen LogP contribution is 2.27. The predicted molar refractivity (Wildman–Crippen MR) is 84.8 cm³/mol. The Balaban J connectivity index is 1.73. The van der Waals surface area contributed by atoms with Crippen LogP contribution >= 0.6 is 0 Å². The molecule has 0 unspecified atom stereocenters. The van der Waals surface area contributed by atoms with Gasteiger partial charge in [-0.05, 0) is 18.1 Å². The molecule has 0 spiro atoms. The molecule has 6 nitrogen and oxygen atoms in total. The van der Waals surface area contributed by atoms with Crippen LogP contribution < -0.4 is 0 Å². The van der Waals surface area contributed by atoms with Gasteiger partial charge >= 0.3 is 6.09 Å². The van der Waals surface area contributed by atoms with Crippen molar-refractivity contribution in [3.05, 3.63) is 48.2 Å². The maximum absolute atomic E-state index is 11.8. The molecule has 1 aromatic carbocycles. The first-order chi connectivity index (χ1) is 11.2. The van der Waals surface area contributed by atoms with Crippen molar-refractivity contribution in [1.82, 2.24) is 4.90 Å². The van der Waals surface area contributed by atoms with Crippen LogP contribution in [0.5, 0.6) is 0 Å². The molecule has 0 aliphatic carbocycles. The molecule has 2 heterocycles. The number of hydrogen-bond acceptors (Lipinski definition) is 5. The molecule has 0 N–H and O–H groups in total. The summed E-state index contributed by atoms with van der Waals surface area (Å²) in [4.78, 5) is 19.0. The number of rotatable bonds is 3. The molecule has 0 aromatic heterocycles. The van der Waals surface area contributed by atoms with Gasteiger partial charge < -0.3 is 14.3 Å². The molecule has 0 saturated heterocycles. The molecule has 2 aliphatic rings. The Labute approximate surface area is 135 Å². The molecular formula is C17H20N2O4. The Kier molecular flexibility index (Phi) is 4.50. The molecular weight excluding hydrogens is 296 g/mol. The molecule has 2 aliphatic heterocycles. The molecule has 0 bridgehead atoms. The molecule has 23 heavy (non-hydrogen) atoms. The van der Waals surface area contributed by atoms with Crippen LogP contribution in [0, 0.1) is 0 Å². The monoisotopic (exact) mass is 316 g/mol. The van der Waals surface area contributed by atoms with E-state index >= 15 is 0 Å². The van der Waals surface area contributed by atoms with Crippen molar-refractivity contribution >= 4 is 12.0 Å². The fraction of sp³-hybridized carbons (Fsp3) is 0.412. The zero-order chi connectivity index (χ0) is 16.2. The van der Waals surface area contributed by atoms with E-state index in [1.807, 2.05) is 43.3 Å². The summed E-state index contributed by atoms with van der Waals surface area (Å²) in [5, 5.41) is 4.11. The van der Waals surface area contributed by atoms with Crippen LogP contribution in [0.15, 0.2) is 47.8 Å². The topological polar surface area (TPSA) is 60.4 Å². The van der Waals surface area contributed by atoms with Gasteiger partial charge in [0, 0.05) is 6.20 Å². The van der Waals surface area contributed by atoms with Crippen LogP contribution in [-0.2, 0) is 20.7 Å². The third-order valence-electron chi connectivity index (χ3n) is 4.05. The van der Waals surface area contributed by atoms with E-state index in [1.54, 1.807) is 6.20 Å². The molecule has 122 valence electrons. The lowest BCUT2D eigenvalue weighted by Crippen LogP contribution is -2.54. The Morgan fingerprint density at radius 3 is 2.83 bits per heavy atom. The Morgan fingerprint density at radius 2 is 2.13 bits per heavy atom. The first-order valence-electron chi connectivity index (χ1n) is 7.70. The number of hydrogen-bond donors (Lipinski definition) is 0. The number of carbonyl (C=O) groups excluding carboxylic acids is 1. The largest absolute Gasteiger partial charge is 0.467 e. The van der Waals surface area contributed by atoms with Crippen LogP contribution in [0.1, 0.15) is 18.9 Å². The van der Waals surface area contributed by atoms with E-state index in [9.17, 15) is 4.79 Å². The second kappa shape index (κ2) is 6.73. The average Bonchev–Trinajstić information content (AvgIpc) is 2.60. The van der Waals surface area contributed by atoms with Crippen molar-refractivity contribution in [2.24, 2.45) is 5.16 Å². The van der Waals surface area contributed by atoms with E-state index in [1.165, 1.54) is 12.0 Å². The number of fused-ring (bicyclic) bond motifs is 1. The second-order valence-electron chi connectivity index (χ2n) is 5.49. The maximum atomic E-state index is 11.8. The molecule has 3 atom stereocenters. The summed E-state index contributed by atoms with van der Waals surface area (Å²) in [6.07, 6.45) is 3.82. The quantitative estimate of drug-likeness (QED) is 0.860. The first kappa shape index (κ1) is 15.4. The highest BCUT2D eigenvalue weighted by atomic mass is 16.7. The Hall–Kier alpha value is -2.50. The number of oxime groups is 1. The Bertz CT molecular complexity index is 614. The highest BCUT2D eigenvalue weighted by molar-refractivity contribution is 5.79. The van der Waals surface area contributed by atoms with E-state index in [2.05, 4.69) is 5.16 Å². The van der Waals surface area contributed by atoms with Gasteiger partial charge in [-0.25, -0.2) is 4.79 Å². The average molecular weight is 316 g/mol. The van der Waals surface area contributed by atoms with Crippen molar-refractivity contribution in [2.45, 2.75) is 38.0 Å².